The Labute approximate surface area is 116 Å². The summed E-state index contributed by atoms with van der Waals surface area (Å²) in [6.45, 7) is 2.93. The number of carbonyl (C=O) groups is 1. The van der Waals surface area contributed by atoms with Gasteiger partial charge in [0, 0.05) is 5.56 Å². The standard InChI is InChI=1S/C16H25NO2/c1-2-3-4-5-6-7-8-12-19-15-11-9-10-14(13-15)16(17)18/h9-11,13H,2-8,12H2,1H3,(H2,17,18). The van der Waals surface area contributed by atoms with Crippen molar-refractivity contribution in [3.8, 4) is 5.75 Å². The first-order chi connectivity index (χ1) is 9.24. The van der Waals surface area contributed by atoms with Crippen molar-refractivity contribution in [2.45, 2.75) is 51.9 Å². The van der Waals surface area contributed by atoms with Gasteiger partial charge in [-0.05, 0) is 24.6 Å². The molecule has 106 valence electrons. The van der Waals surface area contributed by atoms with Crippen LogP contribution in [0.25, 0.3) is 0 Å². The number of carbonyl (C=O) groups excluding carboxylic acids is 1. The fourth-order valence-electron chi connectivity index (χ4n) is 1.99. The molecule has 0 aromatic heterocycles. The van der Waals surface area contributed by atoms with Crippen LogP contribution in [-0.4, -0.2) is 12.5 Å². The van der Waals surface area contributed by atoms with Gasteiger partial charge >= 0.3 is 0 Å². The van der Waals surface area contributed by atoms with E-state index in [2.05, 4.69) is 6.92 Å². The van der Waals surface area contributed by atoms with E-state index in [4.69, 9.17) is 10.5 Å². The fraction of sp³-hybridized carbons (Fsp3) is 0.562. The number of amides is 1. The molecule has 1 amide bonds. The molecule has 1 aromatic carbocycles. The fourth-order valence-corrected chi connectivity index (χ4v) is 1.99. The summed E-state index contributed by atoms with van der Waals surface area (Å²) in [5.41, 5.74) is 5.72. The van der Waals surface area contributed by atoms with Gasteiger partial charge in [0.2, 0.25) is 5.91 Å². The molecule has 1 rings (SSSR count). The lowest BCUT2D eigenvalue weighted by Crippen LogP contribution is -2.10. The molecule has 0 radical (unpaired) electrons. The molecule has 0 saturated heterocycles. The normalized spacial score (nSPS) is 10.4. The summed E-state index contributed by atoms with van der Waals surface area (Å²) in [6, 6.07) is 7.04. The van der Waals surface area contributed by atoms with Gasteiger partial charge in [-0.3, -0.25) is 4.79 Å². The predicted molar refractivity (Wildman–Crippen MR) is 78.4 cm³/mol. The molecule has 1 aromatic rings. The molecule has 19 heavy (non-hydrogen) atoms. The molecular weight excluding hydrogens is 238 g/mol. The molecule has 0 aliphatic carbocycles. The maximum atomic E-state index is 11.0. The van der Waals surface area contributed by atoms with Gasteiger partial charge in [-0.15, -0.1) is 0 Å². The quantitative estimate of drug-likeness (QED) is 0.650. The Morgan fingerprint density at radius 3 is 2.47 bits per heavy atom. The Bertz CT molecular complexity index is 377. The first kappa shape index (κ1) is 15.5. The molecule has 0 aliphatic rings. The molecule has 0 unspecified atom stereocenters. The van der Waals surface area contributed by atoms with Crippen LogP contribution in [0.5, 0.6) is 5.75 Å². The lowest BCUT2D eigenvalue weighted by Gasteiger charge is -2.07. The second kappa shape index (κ2) is 9.42. The average Bonchev–Trinajstić information content (AvgIpc) is 2.42. The molecule has 0 atom stereocenters. The summed E-state index contributed by atoms with van der Waals surface area (Å²) in [4.78, 5) is 11.0. The molecule has 0 saturated carbocycles. The second-order valence-electron chi connectivity index (χ2n) is 4.86. The summed E-state index contributed by atoms with van der Waals surface area (Å²) in [7, 11) is 0. The number of hydrogen-bond acceptors (Lipinski definition) is 2. The molecule has 2 N–H and O–H groups in total. The SMILES string of the molecule is CCCCCCCCCOc1cccc(C(N)=O)c1. The zero-order valence-electron chi connectivity index (χ0n) is 11.9. The third-order valence-electron chi connectivity index (χ3n) is 3.14. The van der Waals surface area contributed by atoms with Crippen LogP contribution in [0.4, 0.5) is 0 Å². The highest BCUT2D eigenvalue weighted by Gasteiger charge is 2.01. The van der Waals surface area contributed by atoms with E-state index in [1.54, 1.807) is 18.2 Å². The molecule has 0 aliphatic heterocycles. The summed E-state index contributed by atoms with van der Waals surface area (Å²) in [5, 5.41) is 0. The average molecular weight is 263 g/mol. The molecule has 0 spiro atoms. The van der Waals surface area contributed by atoms with Crippen molar-refractivity contribution in [2.75, 3.05) is 6.61 Å². The van der Waals surface area contributed by atoms with Gasteiger partial charge in [-0.1, -0.05) is 51.5 Å². The first-order valence-electron chi connectivity index (χ1n) is 7.26. The number of benzene rings is 1. The number of unbranched alkanes of at least 4 members (excludes halogenated alkanes) is 6. The summed E-state index contributed by atoms with van der Waals surface area (Å²) < 4.78 is 5.62. The van der Waals surface area contributed by atoms with Gasteiger partial charge in [0.15, 0.2) is 0 Å². The molecule has 3 heteroatoms. The van der Waals surface area contributed by atoms with E-state index in [1.807, 2.05) is 6.07 Å². The Morgan fingerprint density at radius 2 is 1.79 bits per heavy atom. The van der Waals surface area contributed by atoms with E-state index in [1.165, 1.54) is 38.5 Å². The third-order valence-corrected chi connectivity index (χ3v) is 3.14. The summed E-state index contributed by atoms with van der Waals surface area (Å²) >= 11 is 0. The van der Waals surface area contributed by atoms with Crippen LogP contribution in [0.2, 0.25) is 0 Å². The maximum absolute atomic E-state index is 11.0. The molecule has 0 bridgehead atoms. The lowest BCUT2D eigenvalue weighted by atomic mass is 10.1. The maximum Gasteiger partial charge on any atom is 0.248 e. The van der Waals surface area contributed by atoms with E-state index in [-0.39, 0.29) is 0 Å². The Kier molecular flexibility index (Phi) is 7.71. The summed E-state index contributed by atoms with van der Waals surface area (Å²) in [6.07, 6.45) is 8.86. The highest BCUT2D eigenvalue weighted by Crippen LogP contribution is 2.14. The minimum Gasteiger partial charge on any atom is -0.494 e. The van der Waals surface area contributed by atoms with Gasteiger partial charge in [0.05, 0.1) is 6.61 Å². The second-order valence-corrected chi connectivity index (χ2v) is 4.86. The largest absolute Gasteiger partial charge is 0.494 e. The number of hydrogen-bond donors (Lipinski definition) is 1. The highest BCUT2D eigenvalue weighted by atomic mass is 16.5. The topological polar surface area (TPSA) is 52.3 Å². The monoisotopic (exact) mass is 263 g/mol. The Balaban J connectivity index is 2.12. The van der Waals surface area contributed by atoms with Crippen molar-refractivity contribution in [3.05, 3.63) is 29.8 Å². The van der Waals surface area contributed by atoms with E-state index < -0.39 is 5.91 Å². The van der Waals surface area contributed by atoms with Crippen molar-refractivity contribution >= 4 is 5.91 Å². The van der Waals surface area contributed by atoms with Gasteiger partial charge in [-0.25, -0.2) is 0 Å². The van der Waals surface area contributed by atoms with Crippen molar-refractivity contribution in [2.24, 2.45) is 5.73 Å². The van der Waals surface area contributed by atoms with Crippen molar-refractivity contribution in [1.29, 1.82) is 0 Å². The molecule has 0 fully saturated rings. The van der Waals surface area contributed by atoms with Crippen LogP contribution >= 0.6 is 0 Å². The molecule has 0 heterocycles. The third kappa shape index (κ3) is 6.85. The van der Waals surface area contributed by atoms with Crippen molar-refractivity contribution in [3.63, 3.8) is 0 Å². The van der Waals surface area contributed by atoms with Gasteiger partial charge in [0.25, 0.3) is 0 Å². The van der Waals surface area contributed by atoms with Gasteiger partial charge < -0.3 is 10.5 Å². The predicted octanol–water partition coefficient (Wildman–Crippen LogP) is 3.91. The smallest absolute Gasteiger partial charge is 0.248 e. The molecular formula is C16H25NO2. The van der Waals surface area contributed by atoms with Gasteiger partial charge in [0.1, 0.15) is 5.75 Å². The van der Waals surface area contributed by atoms with E-state index in [0.29, 0.717) is 12.2 Å². The first-order valence-corrected chi connectivity index (χ1v) is 7.26. The minimum atomic E-state index is -0.415. The van der Waals surface area contributed by atoms with Crippen LogP contribution in [0.3, 0.4) is 0 Å². The Morgan fingerprint density at radius 1 is 1.11 bits per heavy atom. The summed E-state index contributed by atoms with van der Waals surface area (Å²) in [5.74, 6) is 0.309. The van der Waals surface area contributed by atoms with Crippen LogP contribution < -0.4 is 10.5 Å². The molecule has 3 nitrogen and oxygen atoms in total. The van der Waals surface area contributed by atoms with Crippen molar-refractivity contribution < 1.29 is 9.53 Å². The van der Waals surface area contributed by atoms with E-state index >= 15 is 0 Å². The number of ether oxygens (including phenoxy) is 1. The number of nitrogens with two attached hydrogens (primary N) is 1. The van der Waals surface area contributed by atoms with Crippen LogP contribution in [0.15, 0.2) is 24.3 Å². The highest BCUT2D eigenvalue weighted by molar-refractivity contribution is 5.93. The lowest BCUT2D eigenvalue weighted by molar-refractivity contribution is 0.1000. The van der Waals surface area contributed by atoms with Crippen molar-refractivity contribution in [1.82, 2.24) is 0 Å². The number of primary amides is 1. The van der Waals surface area contributed by atoms with E-state index in [0.717, 1.165) is 12.2 Å². The minimum absolute atomic E-state index is 0.415. The number of rotatable bonds is 10. The van der Waals surface area contributed by atoms with E-state index in [9.17, 15) is 4.79 Å². The van der Waals surface area contributed by atoms with Crippen LogP contribution in [-0.2, 0) is 0 Å². The zero-order valence-corrected chi connectivity index (χ0v) is 11.9. The van der Waals surface area contributed by atoms with Crippen LogP contribution in [0, 0.1) is 0 Å². The van der Waals surface area contributed by atoms with Gasteiger partial charge in [-0.2, -0.15) is 0 Å². The zero-order chi connectivity index (χ0) is 13.9. The van der Waals surface area contributed by atoms with Crippen LogP contribution in [0.1, 0.15) is 62.2 Å². The Hall–Kier alpha value is -1.51.